The van der Waals surface area contributed by atoms with E-state index in [1.54, 1.807) is 44.4 Å². The molecule has 34 heteroatoms. The Hall–Kier alpha value is -9.94. The van der Waals surface area contributed by atoms with Gasteiger partial charge < -0.3 is 62.4 Å². The van der Waals surface area contributed by atoms with Crippen molar-refractivity contribution in [3.05, 3.63) is 313 Å². The Labute approximate surface area is 777 Å². The third kappa shape index (κ3) is 28.5. The molecule has 0 amide bonds. The molecule has 0 spiro atoms. The zero-order valence-corrected chi connectivity index (χ0v) is 72.4. The van der Waals surface area contributed by atoms with E-state index in [4.69, 9.17) is 93.8 Å². The summed E-state index contributed by atoms with van der Waals surface area (Å²) < 4.78 is 24.0. The number of aromatic amines is 4. The summed E-state index contributed by atoms with van der Waals surface area (Å²) in [6, 6.07) is 69.0. The predicted molar refractivity (Wildman–Crippen MR) is 503 cm³/mol. The number of carbonyl (C=O) groups excluding carboxylic acids is 2. The molecule has 0 aliphatic carbocycles. The van der Waals surface area contributed by atoms with Crippen LogP contribution in [0.1, 0.15) is 89.6 Å². The fourth-order valence-electron chi connectivity index (χ4n) is 12.0. The number of fused-ring (bicyclic) bond motifs is 4. The normalized spacial score (nSPS) is 11.0. The van der Waals surface area contributed by atoms with Crippen molar-refractivity contribution in [1.29, 1.82) is 0 Å². The fourth-order valence-corrected chi connectivity index (χ4v) is 13.2. The molecule has 0 atom stereocenters. The number of nitrogens with zero attached hydrogens (tertiary/aromatic N) is 8. The van der Waals surface area contributed by atoms with E-state index in [9.17, 15) is 14.7 Å². The van der Waals surface area contributed by atoms with Crippen LogP contribution in [0.5, 0.6) is 0 Å². The van der Waals surface area contributed by atoms with Gasteiger partial charge in [-0.2, -0.15) is 0 Å². The molecule has 23 nitrogen and oxygen atoms in total. The Morgan fingerprint density at radius 1 is 0.455 bits per heavy atom. The van der Waals surface area contributed by atoms with Crippen LogP contribution in [0.15, 0.2) is 244 Å². The number of esters is 2. The van der Waals surface area contributed by atoms with E-state index in [1.807, 2.05) is 188 Å². The SMILES string of the molecule is C.C1CCOC1.CCOC(=O)c1ccc(-c2cc3c(Cl)ncnc3[nH]2)cc1.CCOC(=O)c1ccc(-c2cc3c(NCc4ccccc4Cl)ncnc3[nH]2)cc1.ClCc1ccc(-c2cc3c(NCc4ccccc4Cl)ncnc3[nH]2)cc1.NCc1ccccc1Cl.O=S(Cl)Cl.OCc1ccc(-c2cc3c(NCc4ccccc4Cl)ncnc3[nH]2)cc1.[AlH3].[H-].[Li+]. The minimum absolute atomic E-state index is 0. The van der Waals surface area contributed by atoms with Crippen molar-refractivity contribution in [1.82, 2.24) is 59.8 Å². The molecule has 632 valence electrons. The maximum Gasteiger partial charge on any atom is 1.00 e. The molecule has 1 saturated heterocycles. The first-order valence-corrected chi connectivity index (χ1v) is 42.7. The Bertz CT molecular complexity index is 5890. The quantitative estimate of drug-likeness (QED) is 0.0113. The molecule has 123 heavy (non-hydrogen) atoms. The number of halogens is 8. The van der Waals surface area contributed by atoms with Gasteiger partial charge in [-0.1, -0.05) is 211 Å². The van der Waals surface area contributed by atoms with E-state index < -0.39 is 9.23 Å². The van der Waals surface area contributed by atoms with Crippen LogP contribution in [-0.2, 0) is 62.1 Å². The summed E-state index contributed by atoms with van der Waals surface area (Å²) >= 11 is 36.3. The minimum Gasteiger partial charge on any atom is -1.00 e. The van der Waals surface area contributed by atoms with Crippen LogP contribution in [0.25, 0.3) is 89.2 Å². The number of anilines is 3. The van der Waals surface area contributed by atoms with Crippen LogP contribution in [0, 0.1) is 0 Å². The van der Waals surface area contributed by atoms with Crippen molar-refractivity contribution < 1.29 is 53.4 Å². The molecule has 1 fully saturated rings. The second-order valence-corrected chi connectivity index (χ2v) is 30.8. The van der Waals surface area contributed by atoms with E-state index >= 15 is 0 Å². The van der Waals surface area contributed by atoms with Gasteiger partial charge in [0.05, 0.1) is 52.5 Å². The van der Waals surface area contributed by atoms with Crippen molar-refractivity contribution in [3.8, 4) is 45.0 Å². The summed E-state index contributed by atoms with van der Waals surface area (Å²) in [6.07, 6.45) is 8.57. The summed E-state index contributed by atoms with van der Waals surface area (Å²) in [6.45, 7) is 8.56. The minimum atomic E-state index is -1.67. The van der Waals surface area contributed by atoms with Crippen molar-refractivity contribution in [3.63, 3.8) is 0 Å². The van der Waals surface area contributed by atoms with Gasteiger partial charge in [-0.3, -0.25) is 0 Å². The molecular weight excluding hydrogens is 1750 g/mol. The molecule has 1 aliphatic rings. The Morgan fingerprint density at radius 3 is 1.02 bits per heavy atom. The number of nitrogens with one attached hydrogen (secondary N) is 7. The van der Waals surface area contributed by atoms with Gasteiger partial charge in [0, 0.05) is 110 Å². The van der Waals surface area contributed by atoms with Gasteiger partial charge >= 0.3 is 30.8 Å². The number of ether oxygens (including phenoxy) is 3. The first-order valence-electron chi connectivity index (χ1n) is 37.5. The average Bonchev–Trinajstić information content (AvgIpc) is 1.67. The summed E-state index contributed by atoms with van der Waals surface area (Å²) in [5.41, 5.74) is 23.0. The molecule has 0 radical (unpaired) electrons. The van der Waals surface area contributed by atoms with Gasteiger partial charge in [-0.05, 0) is 155 Å². The number of H-pyrrole nitrogens is 4. The number of alkyl halides is 1. The third-order valence-electron chi connectivity index (χ3n) is 18.2. The van der Waals surface area contributed by atoms with E-state index in [1.165, 1.54) is 31.8 Å². The summed E-state index contributed by atoms with van der Waals surface area (Å²) in [5.74, 6) is 2.11. The zero-order valence-electron chi connectivity index (χ0n) is 66.6. The van der Waals surface area contributed by atoms with Crippen molar-refractivity contribution in [2.75, 3.05) is 42.4 Å². The molecule has 0 saturated carbocycles. The number of benzene rings is 8. The smallest absolute Gasteiger partial charge is 1.00 e. The standard InChI is InChI=1S/C22H19ClN4O2.C20H16Cl2N4.C20H17ClN4O.C15H12ClN3O2.C7H8ClN.C4H8O.CH4.Al.Cl2OS.Li.4H/c1-2-29-22(28)15-9-7-14(8-10-15)19-11-17-20(25-13-26-21(17)27-19)24-12-16-5-3-4-6-18(16)23;21-10-13-5-7-14(8-6-13)18-9-16-19(24-12-25-20(16)26-18)23-11-15-3-1-2-4-17(15)22;21-17-4-2-1-3-15(17)10-22-19-16-9-18(25-20(16)24-12-23-19)14-7-5-13(11-26)6-8-14;1-2-21-15(20)10-5-3-9(4-6-10)12-7-11-13(16)17-8-18-14(11)19-12;8-7-4-2-1-3-6(7)5-9;1-2-4-5-3-1;;;1-4(2)3;;;;;/h3-11,13H,2,12H2,1H3,(H2,24,25,26,27);1-9,12H,10-11H2,(H2,23,24,25,26);1-9,12,26H,10-11H2,(H2,22,23,24,25);3-8H,2H2,1H3,(H,17,18,19);1-4H,5,9H2;1-4H2;1H4;;;;;;;/q;;;;;;;;;+1;;;;-1. The summed E-state index contributed by atoms with van der Waals surface area (Å²) in [4.78, 5) is 70.8. The molecule has 0 bridgehead atoms. The number of aromatic nitrogens is 12. The molecule has 8 aromatic carbocycles. The van der Waals surface area contributed by atoms with E-state index in [-0.39, 0.29) is 63.6 Å². The number of carbonyl (C=O) groups is 2. The Balaban J connectivity index is 0.000000211. The number of hydrogen-bond acceptors (Lipinski definition) is 19. The molecule has 9 heterocycles. The molecule has 16 aromatic rings. The van der Waals surface area contributed by atoms with E-state index in [0.717, 1.165) is 163 Å². The molecule has 8 aromatic heterocycles. The number of nitrogens with two attached hydrogens (primary N) is 1. The van der Waals surface area contributed by atoms with Crippen LogP contribution in [-0.4, -0.2) is 125 Å². The number of rotatable bonds is 20. The fraction of sp³-hybridized carbons (Fsp3) is 0.169. The number of aliphatic hydroxyl groups is 1. The van der Waals surface area contributed by atoms with Crippen molar-refractivity contribution in [2.45, 2.75) is 72.8 Å². The van der Waals surface area contributed by atoms with Gasteiger partial charge in [0.1, 0.15) is 70.5 Å². The van der Waals surface area contributed by atoms with Gasteiger partial charge in [-0.15, -0.1) is 11.6 Å². The largest absolute Gasteiger partial charge is 1.00 e. The first-order chi connectivity index (χ1) is 58.4. The van der Waals surface area contributed by atoms with Crippen molar-refractivity contribution >= 4 is 191 Å². The van der Waals surface area contributed by atoms with E-state index in [2.05, 4.69) is 103 Å². The van der Waals surface area contributed by atoms with Gasteiger partial charge in [0.15, 0.2) is 17.4 Å². The van der Waals surface area contributed by atoms with Crippen LogP contribution < -0.4 is 40.5 Å². The molecule has 17 rings (SSSR count). The maximum atomic E-state index is 11.8. The second-order valence-electron chi connectivity index (χ2n) is 26.0. The number of aliphatic hydroxyl groups excluding tert-OH is 1. The molecule has 0 unspecified atom stereocenters. The Kier molecular flexibility index (Phi) is 40.6. The molecule has 1 aliphatic heterocycles. The van der Waals surface area contributed by atoms with Gasteiger partial charge in [0.25, 0.3) is 0 Å². The monoisotopic (exact) mass is 1840 g/mol. The molecular formula is C89H88AlCl8LiN16O7S. The maximum absolute atomic E-state index is 11.8. The second kappa shape index (κ2) is 50.7. The topological polar surface area (TPSA) is 328 Å². The van der Waals surface area contributed by atoms with Gasteiger partial charge in [0.2, 0.25) is 9.23 Å². The zero-order chi connectivity index (χ0) is 84.7. The number of hydrogen-bond donors (Lipinski definition) is 9. The molecule has 10 N–H and O–H groups in total. The van der Waals surface area contributed by atoms with Crippen molar-refractivity contribution in [2.24, 2.45) is 5.73 Å². The van der Waals surface area contributed by atoms with Crippen LogP contribution >= 0.6 is 91.0 Å². The first kappa shape index (κ1) is 98.5. The predicted octanol–water partition coefficient (Wildman–Crippen LogP) is 18.7. The van der Waals surface area contributed by atoms with Gasteiger partial charge in [-0.25, -0.2) is 53.7 Å². The Morgan fingerprint density at radius 2 is 0.748 bits per heavy atom. The average molecular weight is 1840 g/mol. The van der Waals surface area contributed by atoms with Crippen LogP contribution in [0.3, 0.4) is 0 Å². The van der Waals surface area contributed by atoms with E-state index in [0.29, 0.717) is 72.2 Å². The van der Waals surface area contributed by atoms with Crippen LogP contribution in [0.4, 0.5) is 17.5 Å². The summed E-state index contributed by atoms with van der Waals surface area (Å²) in [5, 5.41) is 26.0. The third-order valence-corrected chi connectivity index (χ3v) is 20.2. The summed E-state index contributed by atoms with van der Waals surface area (Å²) in [7, 11) is 7.36. The van der Waals surface area contributed by atoms with Crippen LogP contribution in [0.2, 0.25) is 25.2 Å².